The van der Waals surface area contributed by atoms with Gasteiger partial charge in [-0.15, -0.1) is 5.10 Å². The number of rotatable bonds is 6. The van der Waals surface area contributed by atoms with Gasteiger partial charge in [0, 0.05) is 18.0 Å². The standard InChI is InChI=1S/C17H17ClN4O2/c1-2-4-15(23)22-17(19-11-12-6-8-13(18)9-7-12)20-16(21-22)14-5-3-10-24-14/h3,5-10H,2,4,11H2,1H3,(H,19,20,21). The Hall–Kier alpha value is -2.60. The molecule has 1 aromatic carbocycles. The second kappa shape index (κ2) is 7.31. The summed E-state index contributed by atoms with van der Waals surface area (Å²) in [6.45, 7) is 2.45. The van der Waals surface area contributed by atoms with Gasteiger partial charge in [-0.05, 0) is 36.2 Å². The number of aromatic nitrogens is 3. The number of carbonyl (C=O) groups is 1. The first-order valence-electron chi connectivity index (χ1n) is 7.70. The van der Waals surface area contributed by atoms with Crippen molar-refractivity contribution in [1.82, 2.24) is 14.8 Å². The lowest BCUT2D eigenvalue weighted by Crippen LogP contribution is -2.16. The van der Waals surface area contributed by atoms with Crippen molar-refractivity contribution in [3.8, 4) is 11.6 Å². The number of carbonyl (C=O) groups excluding carboxylic acids is 1. The van der Waals surface area contributed by atoms with E-state index in [0.29, 0.717) is 35.5 Å². The Morgan fingerprint density at radius 1 is 1.29 bits per heavy atom. The molecule has 24 heavy (non-hydrogen) atoms. The van der Waals surface area contributed by atoms with Gasteiger partial charge in [-0.3, -0.25) is 4.79 Å². The fourth-order valence-corrected chi connectivity index (χ4v) is 2.34. The van der Waals surface area contributed by atoms with Gasteiger partial charge in [0.25, 0.3) is 0 Å². The molecule has 0 saturated heterocycles. The van der Waals surface area contributed by atoms with Crippen molar-refractivity contribution in [2.45, 2.75) is 26.3 Å². The van der Waals surface area contributed by atoms with Crippen molar-refractivity contribution in [1.29, 1.82) is 0 Å². The molecule has 7 heteroatoms. The van der Waals surface area contributed by atoms with Crippen LogP contribution in [0.25, 0.3) is 11.6 Å². The summed E-state index contributed by atoms with van der Waals surface area (Å²) in [5.74, 6) is 1.19. The Bertz CT molecular complexity index is 810. The average molecular weight is 345 g/mol. The van der Waals surface area contributed by atoms with Gasteiger partial charge in [0.1, 0.15) is 0 Å². The Morgan fingerprint density at radius 3 is 2.75 bits per heavy atom. The number of hydrogen-bond acceptors (Lipinski definition) is 5. The fraction of sp³-hybridized carbons (Fsp3) is 0.235. The maximum absolute atomic E-state index is 12.3. The Labute approximate surface area is 144 Å². The molecule has 0 aliphatic heterocycles. The summed E-state index contributed by atoms with van der Waals surface area (Å²) < 4.78 is 6.61. The van der Waals surface area contributed by atoms with Crippen molar-refractivity contribution in [3.05, 3.63) is 53.2 Å². The van der Waals surface area contributed by atoms with E-state index in [-0.39, 0.29) is 5.91 Å². The molecule has 0 aliphatic rings. The molecule has 0 amide bonds. The van der Waals surface area contributed by atoms with Gasteiger partial charge in [0.15, 0.2) is 5.76 Å². The molecule has 0 radical (unpaired) electrons. The van der Waals surface area contributed by atoms with Crippen LogP contribution in [-0.4, -0.2) is 20.7 Å². The van der Waals surface area contributed by atoms with Crippen molar-refractivity contribution in [3.63, 3.8) is 0 Å². The van der Waals surface area contributed by atoms with Crippen LogP contribution in [0.3, 0.4) is 0 Å². The first-order chi connectivity index (χ1) is 11.7. The molecule has 2 heterocycles. The molecule has 3 aromatic rings. The number of benzene rings is 1. The highest BCUT2D eigenvalue weighted by molar-refractivity contribution is 6.30. The number of hydrogen-bond donors (Lipinski definition) is 1. The quantitative estimate of drug-likeness (QED) is 0.723. The number of furan rings is 1. The van der Waals surface area contributed by atoms with Gasteiger partial charge in [-0.25, -0.2) is 0 Å². The highest BCUT2D eigenvalue weighted by Crippen LogP contribution is 2.19. The predicted molar refractivity (Wildman–Crippen MR) is 92.0 cm³/mol. The zero-order valence-corrected chi connectivity index (χ0v) is 14.0. The molecular weight excluding hydrogens is 328 g/mol. The number of anilines is 1. The molecule has 0 atom stereocenters. The molecule has 2 aromatic heterocycles. The monoisotopic (exact) mass is 344 g/mol. The highest BCUT2D eigenvalue weighted by Gasteiger charge is 2.17. The van der Waals surface area contributed by atoms with Crippen LogP contribution in [0.1, 0.15) is 30.1 Å². The second-order valence-corrected chi connectivity index (χ2v) is 5.71. The van der Waals surface area contributed by atoms with E-state index >= 15 is 0 Å². The summed E-state index contributed by atoms with van der Waals surface area (Å²) in [6, 6.07) is 11.0. The maximum Gasteiger partial charge on any atom is 0.250 e. The molecule has 3 rings (SSSR count). The van der Waals surface area contributed by atoms with Crippen LogP contribution in [-0.2, 0) is 6.54 Å². The maximum atomic E-state index is 12.3. The lowest BCUT2D eigenvalue weighted by Gasteiger charge is -2.07. The summed E-state index contributed by atoms with van der Waals surface area (Å²) in [5, 5.41) is 8.11. The third-order valence-electron chi connectivity index (χ3n) is 3.41. The second-order valence-electron chi connectivity index (χ2n) is 5.27. The van der Waals surface area contributed by atoms with E-state index in [9.17, 15) is 4.79 Å². The molecule has 0 spiro atoms. The molecule has 6 nitrogen and oxygen atoms in total. The smallest absolute Gasteiger partial charge is 0.250 e. The molecular formula is C17H17ClN4O2. The van der Waals surface area contributed by atoms with Crippen molar-refractivity contribution < 1.29 is 9.21 Å². The van der Waals surface area contributed by atoms with Crippen LogP contribution < -0.4 is 5.32 Å². The van der Waals surface area contributed by atoms with E-state index in [0.717, 1.165) is 12.0 Å². The Kier molecular flexibility index (Phi) is 4.96. The minimum Gasteiger partial charge on any atom is -0.461 e. The number of nitrogens with one attached hydrogen (secondary N) is 1. The zero-order chi connectivity index (χ0) is 16.9. The van der Waals surface area contributed by atoms with E-state index in [1.807, 2.05) is 31.2 Å². The molecule has 0 bridgehead atoms. The SMILES string of the molecule is CCCC(=O)n1nc(-c2ccco2)nc1NCc1ccc(Cl)cc1. The van der Waals surface area contributed by atoms with Crippen LogP contribution >= 0.6 is 11.6 Å². The first-order valence-corrected chi connectivity index (χ1v) is 8.07. The molecule has 1 N–H and O–H groups in total. The van der Waals surface area contributed by atoms with Crippen LogP contribution in [0.15, 0.2) is 47.1 Å². The van der Waals surface area contributed by atoms with E-state index in [4.69, 9.17) is 16.0 Å². The van der Waals surface area contributed by atoms with Crippen molar-refractivity contribution >= 4 is 23.5 Å². The molecule has 0 saturated carbocycles. The average Bonchev–Trinajstić information content (AvgIpc) is 3.24. The van der Waals surface area contributed by atoms with E-state index in [1.165, 1.54) is 4.68 Å². The van der Waals surface area contributed by atoms with Crippen LogP contribution in [0.5, 0.6) is 0 Å². The summed E-state index contributed by atoms with van der Waals surface area (Å²) in [4.78, 5) is 16.7. The van der Waals surface area contributed by atoms with Crippen molar-refractivity contribution in [2.75, 3.05) is 5.32 Å². The third kappa shape index (κ3) is 3.65. The highest BCUT2D eigenvalue weighted by atomic mass is 35.5. The van der Waals surface area contributed by atoms with Gasteiger partial charge in [-0.1, -0.05) is 30.7 Å². The number of halogens is 1. The normalized spacial score (nSPS) is 10.8. The largest absolute Gasteiger partial charge is 0.461 e. The summed E-state index contributed by atoms with van der Waals surface area (Å²) in [6.07, 6.45) is 2.69. The van der Waals surface area contributed by atoms with Gasteiger partial charge in [0.05, 0.1) is 6.26 Å². The Balaban J connectivity index is 1.84. The van der Waals surface area contributed by atoms with Gasteiger partial charge < -0.3 is 9.73 Å². The van der Waals surface area contributed by atoms with Gasteiger partial charge >= 0.3 is 0 Å². The van der Waals surface area contributed by atoms with Crippen LogP contribution in [0, 0.1) is 0 Å². The van der Waals surface area contributed by atoms with Crippen LogP contribution in [0.4, 0.5) is 5.95 Å². The topological polar surface area (TPSA) is 73.0 Å². The third-order valence-corrected chi connectivity index (χ3v) is 3.66. The van der Waals surface area contributed by atoms with Crippen molar-refractivity contribution in [2.24, 2.45) is 0 Å². The molecule has 0 aliphatic carbocycles. The molecule has 0 unspecified atom stereocenters. The fourth-order valence-electron chi connectivity index (χ4n) is 2.21. The van der Waals surface area contributed by atoms with Gasteiger partial charge in [-0.2, -0.15) is 9.67 Å². The first kappa shape index (κ1) is 16.3. The van der Waals surface area contributed by atoms with Crippen LogP contribution in [0.2, 0.25) is 5.02 Å². The van der Waals surface area contributed by atoms with E-state index < -0.39 is 0 Å². The molecule has 124 valence electrons. The van der Waals surface area contributed by atoms with E-state index in [2.05, 4.69) is 15.4 Å². The minimum atomic E-state index is -0.110. The molecule has 0 fully saturated rings. The summed E-state index contributed by atoms with van der Waals surface area (Å²) in [7, 11) is 0. The number of nitrogens with zero attached hydrogens (tertiary/aromatic N) is 3. The predicted octanol–water partition coefficient (Wildman–Crippen LogP) is 4.24. The van der Waals surface area contributed by atoms with Gasteiger partial charge in [0.2, 0.25) is 17.7 Å². The zero-order valence-electron chi connectivity index (χ0n) is 13.2. The lowest BCUT2D eigenvalue weighted by atomic mass is 10.2. The Morgan fingerprint density at radius 2 is 2.08 bits per heavy atom. The van der Waals surface area contributed by atoms with E-state index in [1.54, 1.807) is 18.4 Å². The summed E-state index contributed by atoms with van der Waals surface area (Å²) >= 11 is 5.89. The minimum absolute atomic E-state index is 0.110. The summed E-state index contributed by atoms with van der Waals surface area (Å²) in [5.41, 5.74) is 1.02. The lowest BCUT2D eigenvalue weighted by molar-refractivity contribution is 0.0888.